The van der Waals surface area contributed by atoms with E-state index in [0.29, 0.717) is 0 Å². The van der Waals surface area contributed by atoms with Crippen LogP contribution < -0.4 is 0 Å². The molecule has 0 saturated heterocycles. The van der Waals surface area contributed by atoms with Gasteiger partial charge < -0.3 is 0 Å². The Morgan fingerprint density at radius 2 is 2.10 bits per heavy atom. The molecule has 1 aromatic rings. The molecule has 0 bridgehead atoms. The minimum Gasteiger partial charge on any atom is -0.257 e. The third kappa shape index (κ3) is 4.30. The van der Waals surface area contributed by atoms with Gasteiger partial charge in [-0.05, 0) is 38.0 Å². The lowest BCUT2D eigenvalue weighted by molar-refractivity contribution is 0.108. The minimum absolute atomic E-state index is 0.115. The summed E-state index contributed by atoms with van der Waals surface area (Å²) in [5.74, 6) is 0. The Morgan fingerprint density at radius 3 is 2.55 bits per heavy atom. The number of alkyl halides is 2. The van der Waals surface area contributed by atoms with Crippen LogP contribution in [0.5, 0.6) is 0 Å². The van der Waals surface area contributed by atoms with E-state index in [0.717, 1.165) is 28.8 Å². The number of hydrogen-bond donors (Lipinski definition) is 1. The van der Waals surface area contributed by atoms with Crippen molar-refractivity contribution >= 4 is 18.3 Å². The first-order valence-electron chi connectivity index (χ1n) is 6.37. The van der Waals surface area contributed by atoms with E-state index in [1.807, 2.05) is 13.0 Å². The van der Waals surface area contributed by atoms with Gasteiger partial charge in [-0.15, -0.1) is 12.6 Å². The maximum atomic E-state index is 13.2. The second kappa shape index (κ2) is 6.84. The topological polar surface area (TPSA) is 12.4 Å². The normalized spacial score (nSPS) is 13.5. The number of aliphatic imine (C=N–C) groups is 1. The fraction of sp³-hybridized carbons (Fsp3) is 0.312. The standard InChI is InChI=1S/C16H19F2NS/c1-5-11(3)9-15(19-6-2)14-8-7-13(10-12(14)4)16(17,18)20/h6-10,20H,2,5H2,1,3-4H3/b11-9+,19-15?. The zero-order chi connectivity index (χ0) is 15.3. The van der Waals surface area contributed by atoms with E-state index in [9.17, 15) is 8.78 Å². The molecule has 1 rings (SSSR count). The number of benzene rings is 1. The average molecular weight is 295 g/mol. The Kier molecular flexibility index (Phi) is 5.69. The van der Waals surface area contributed by atoms with E-state index < -0.39 is 5.25 Å². The van der Waals surface area contributed by atoms with Crippen molar-refractivity contribution < 1.29 is 8.78 Å². The van der Waals surface area contributed by atoms with Gasteiger partial charge in [0.2, 0.25) is 0 Å². The Bertz CT molecular complexity index is 554. The monoisotopic (exact) mass is 295 g/mol. The van der Waals surface area contributed by atoms with Crippen LogP contribution in [0.3, 0.4) is 0 Å². The van der Waals surface area contributed by atoms with Crippen LogP contribution in [0.25, 0.3) is 0 Å². The fourth-order valence-electron chi connectivity index (χ4n) is 1.76. The van der Waals surface area contributed by atoms with Gasteiger partial charge in [-0.2, -0.15) is 8.78 Å². The van der Waals surface area contributed by atoms with Crippen molar-refractivity contribution in [1.29, 1.82) is 0 Å². The van der Waals surface area contributed by atoms with E-state index in [4.69, 9.17) is 0 Å². The SMILES string of the molecule is C=CN=C(/C=C(\C)CC)c1ccc(C(F)(F)S)cc1C. The molecule has 1 aromatic carbocycles. The number of thiol groups is 1. The highest BCUT2D eigenvalue weighted by atomic mass is 32.1. The Morgan fingerprint density at radius 1 is 1.45 bits per heavy atom. The van der Waals surface area contributed by atoms with Gasteiger partial charge in [0.05, 0.1) is 5.71 Å². The van der Waals surface area contributed by atoms with Crippen molar-refractivity contribution in [3.63, 3.8) is 0 Å². The van der Waals surface area contributed by atoms with Gasteiger partial charge in [-0.3, -0.25) is 4.99 Å². The summed E-state index contributed by atoms with van der Waals surface area (Å²) < 4.78 is 26.4. The lowest BCUT2D eigenvalue weighted by Gasteiger charge is -2.13. The summed E-state index contributed by atoms with van der Waals surface area (Å²) in [4.78, 5) is 4.23. The molecule has 0 aromatic heterocycles. The van der Waals surface area contributed by atoms with Gasteiger partial charge >= 0.3 is 5.25 Å². The van der Waals surface area contributed by atoms with Crippen LogP contribution in [-0.4, -0.2) is 5.71 Å². The summed E-state index contributed by atoms with van der Waals surface area (Å²) in [7, 11) is 0. The van der Waals surface area contributed by atoms with E-state index in [1.165, 1.54) is 18.3 Å². The van der Waals surface area contributed by atoms with Crippen LogP contribution in [-0.2, 0) is 5.25 Å². The number of rotatable bonds is 5. The molecule has 0 saturated carbocycles. The van der Waals surface area contributed by atoms with Crippen molar-refractivity contribution in [2.24, 2.45) is 4.99 Å². The molecule has 20 heavy (non-hydrogen) atoms. The Labute approximate surface area is 124 Å². The predicted molar refractivity (Wildman–Crippen MR) is 84.8 cm³/mol. The molecule has 0 aliphatic carbocycles. The van der Waals surface area contributed by atoms with Crippen LogP contribution in [0, 0.1) is 6.92 Å². The molecule has 0 aliphatic rings. The first kappa shape index (κ1) is 16.6. The zero-order valence-corrected chi connectivity index (χ0v) is 12.8. The summed E-state index contributed by atoms with van der Waals surface area (Å²) in [5.41, 5.74) is 3.33. The Balaban J connectivity index is 3.30. The third-order valence-electron chi connectivity index (χ3n) is 3.02. The summed E-state index contributed by atoms with van der Waals surface area (Å²) >= 11 is 3.30. The molecule has 0 radical (unpaired) electrons. The van der Waals surface area contributed by atoms with Crippen molar-refractivity contribution in [2.45, 2.75) is 32.4 Å². The fourth-order valence-corrected chi connectivity index (χ4v) is 1.90. The smallest absolute Gasteiger partial charge is 0.257 e. The van der Waals surface area contributed by atoms with Crippen molar-refractivity contribution in [1.82, 2.24) is 0 Å². The summed E-state index contributed by atoms with van der Waals surface area (Å²) in [6.07, 6.45) is 4.31. The molecule has 0 atom stereocenters. The van der Waals surface area contributed by atoms with Crippen LogP contribution in [0.15, 0.2) is 47.6 Å². The number of halogens is 2. The number of hydrogen-bond acceptors (Lipinski definition) is 2. The molecule has 0 aliphatic heterocycles. The summed E-state index contributed by atoms with van der Waals surface area (Å²) in [5, 5.41) is -3.13. The van der Waals surface area contributed by atoms with Crippen molar-refractivity contribution in [3.8, 4) is 0 Å². The maximum Gasteiger partial charge on any atom is 0.316 e. The highest BCUT2D eigenvalue weighted by Crippen LogP contribution is 2.32. The van der Waals surface area contributed by atoms with Crippen LogP contribution in [0.4, 0.5) is 8.78 Å². The quantitative estimate of drug-likeness (QED) is 0.562. The van der Waals surface area contributed by atoms with Gasteiger partial charge in [-0.1, -0.05) is 31.2 Å². The highest BCUT2D eigenvalue weighted by molar-refractivity contribution is 7.81. The molecular weight excluding hydrogens is 276 g/mol. The van der Waals surface area contributed by atoms with Crippen molar-refractivity contribution in [3.05, 3.63) is 59.3 Å². The molecular formula is C16H19F2NS. The number of aryl methyl sites for hydroxylation is 1. The van der Waals surface area contributed by atoms with Gasteiger partial charge in [0, 0.05) is 17.3 Å². The van der Waals surface area contributed by atoms with E-state index >= 15 is 0 Å². The zero-order valence-electron chi connectivity index (χ0n) is 12.0. The number of nitrogens with zero attached hydrogens (tertiary/aromatic N) is 1. The summed E-state index contributed by atoms with van der Waals surface area (Å²) in [6.45, 7) is 9.43. The van der Waals surface area contributed by atoms with E-state index in [1.54, 1.807) is 13.0 Å². The lowest BCUT2D eigenvalue weighted by Crippen LogP contribution is -2.07. The van der Waals surface area contributed by atoms with Crippen molar-refractivity contribution in [2.75, 3.05) is 0 Å². The molecule has 0 spiro atoms. The molecule has 0 heterocycles. The molecule has 0 unspecified atom stereocenters. The first-order chi connectivity index (χ1) is 9.29. The molecule has 0 N–H and O–H groups in total. The van der Waals surface area contributed by atoms with Gasteiger partial charge in [0.15, 0.2) is 0 Å². The first-order valence-corrected chi connectivity index (χ1v) is 6.81. The second-order valence-corrected chi connectivity index (χ2v) is 5.17. The average Bonchev–Trinajstić information content (AvgIpc) is 2.37. The van der Waals surface area contributed by atoms with Crippen LogP contribution in [0.2, 0.25) is 0 Å². The second-order valence-electron chi connectivity index (χ2n) is 4.61. The maximum absolute atomic E-state index is 13.2. The molecule has 4 heteroatoms. The van der Waals surface area contributed by atoms with Gasteiger partial charge in [0.25, 0.3) is 0 Å². The van der Waals surface area contributed by atoms with Gasteiger partial charge in [0.1, 0.15) is 0 Å². The largest absolute Gasteiger partial charge is 0.316 e. The van der Waals surface area contributed by atoms with E-state index in [-0.39, 0.29) is 5.56 Å². The van der Waals surface area contributed by atoms with Gasteiger partial charge in [-0.25, -0.2) is 0 Å². The van der Waals surface area contributed by atoms with Crippen LogP contribution >= 0.6 is 12.6 Å². The summed E-state index contributed by atoms with van der Waals surface area (Å²) in [6, 6.07) is 4.47. The van der Waals surface area contributed by atoms with E-state index in [2.05, 4.69) is 31.1 Å². The molecule has 0 fully saturated rings. The lowest BCUT2D eigenvalue weighted by atomic mass is 9.99. The van der Waals surface area contributed by atoms with Crippen LogP contribution in [0.1, 0.15) is 37.0 Å². The number of allylic oxidation sites excluding steroid dienone is 2. The molecule has 108 valence electrons. The molecule has 0 amide bonds. The molecule has 1 nitrogen and oxygen atoms in total. The Hall–Kier alpha value is -1.42. The third-order valence-corrected chi connectivity index (χ3v) is 3.28. The predicted octanol–water partition coefficient (Wildman–Crippen LogP) is 5.26. The minimum atomic E-state index is -3.13. The highest BCUT2D eigenvalue weighted by Gasteiger charge is 2.26.